The largest absolute Gasteiger partial charge is 0.464 e. The van der Waals surface area contributed by atoms with Gasteiger partial charge in [0, 0.05) is 116 Å². The maximum Gasteiger partial charge on any atom is 0.325 e. The van der Waals surface area contributed by atoms with Gasteiger partial charge in [-0.1, -0.05) is 45.6 Å². The fraction of sp³-hybridized carbons (Fsp3) is 0.639. The average molecular weight is 1100 g/mol. The lowest BCUT2D eigenvalue weighted by molar-refractivity contribution is -0.550. The number of thiazole rings is 1. The van der Waals surface area contributed by atoms with Gasteiger partial charge in [-0.05, 0) is 100 Å². The Morgan fingerprint density at radius 1 is 0.987 bits per heavy atom. The second kappa shape index (κ2) is 22.7. The van der Waals surface area contributed by atoms with E-state index in [4.69, 9.17) is 33.7 Å². The second-order valence-corrected chi connectivity index (χ2v) is 25.4. The van der Waals surface area contributed by atoms with Crippen LogP contribution in [0.2, 0.25) is 0 Å². The highest BCUT2D eigenvalue weighted by molar-refractivity contribution is 7.12. The Balaban J connectivity index is 1.00. The molecule has 3 aromatic heterocycles. The maximum absolute atomic E-state index is 15.4. The lowest BCUT2D eigenvalue weighted by Gasteiger charge is -2.53. The molecule has 2 N–H and O–H groups in total. The number of methoxy groups -OCH3 is 1. The zero-order valence-corrected chi connectivity index (χ0v) is 48.1. The topological polar surface area (TPSA) is 165 Å². The van der Waals surface area contributed by atoms with Crippen molar-refractivity contribution in [3.63, 3.8) is 0 Å². The number of carbonyl (C=O) groups excluding carboxylic acids is 3. The number of rotatable bonds is 11. The Bertz CT molecular complexity index is 3030. The fourth-order valence-electron chi connectivity index (χ4n) is 13.2. The Labute approximate surface area is 469 Å². The molecule has 8 fully saturated rings. The molecule has 2 amide bonds. The molecule has 422 valence electrons. The number of hydrogen-bond acceptors (Lipinski definition) is 14. The van der Waals surface area contributed by atoms with Gasteiger partial charge in [0.2, 0.25) is 11.6 Å². The monoisotopic (exact) mass is 1100 g/mol. The minimum Gasteiger partial charge on any atom is -0.464 e. The van der Waals surface area contributed by atoms with Crippen LogP contribution in [0.3, 0.4) is 0 Å². The van der Waals surface area contributed by atoms with E-state index in [-0.39, 0.29) is 72.4 Å². The average Bonchev–Trinajstić information content (AvgIpc) is 4.51. The van der Waals surface area contributed by atoms with Crippen LogP contribution in [-0.4, -0.2) is 180 Å². The molecule has 3 saturated carbocycles. The number of aromatic nitrogens is 3. The van der Waals surface area contributed by atoms with Crippen molar-refractivity contribution in [3.8, 4) is 34.4 Å². The number of ether oxygens (including phenoxy) is 5. The number of piperazine rings is 1. The number of fused-ring (bicyclic) bond motifs is 4. The van der Waals surface area contributed by atoms with Gasteiger partial charge >= 0.3 is 5.97 Å². The van der Waals surface area contributed by atoms with Gasteiger partial charge in [-0.15, -0.1) is 11.3 Å². The summed E-state index contributed by atoms with van der Waals surface area (Å²) in [5, 5.41) is 8.66. The number of nitrogens with one attached hydrogen (secondary N) is 2. The van der Waals surface area contributed by atoms with E-state index in [0.29, 0.717) is 82.7 Å². The van der Waals surface area contributed by atoms with E-state index in [1.54, 1.807) is 12.1 Å². The Morgan fingerprint density at radius 3 is 2.46 bits per heavy atom. The number of morpholine rings is 1. The molecule has 9 heterocycles. The van der Waals surface area contributed by atoms with Gasteiger partial charge in [-0.3, -0.25) is 34.2 Å². The number of benzene rings is 1. The van der Waals surface area contributed by atoms with Gasteiger partial charge in [0.1, 0.15) is 19.3 Å². The van der Waals surface area contributed by atoms with Gasteiger partial charge in [0.15, 0.2) is 24.1 Å². The number of carbonyl (C=O) groups is 3. The first-order valence-corrected chi connectivity index (χ1v) is 30.2. The van der Waals surface area contributed by atoms with Crippen LogP contribution in [0, 0.1) is 40.9 Å². The molecule has 9 aliphatic rings. The molecule has 1 aromatic carbocycles. The van der Waals surface area contributed by atoms with Gasteiger partial charge < -0.3 is 33.6 Å². The molecule has 3 aliphatic carbocycles. The SMILES string of the molecule is CO[C@@H](C)c1ncc(C#C[C@@H](C)N2CCN(C3CC3)CC2)cc1-c1c2c3cc(ccc3n1CCOC1CCOCC1)-c1csc(n1)C(=[N+]1CCOCC1)[C@H](NC(=O)C1[C@@H](C)[C@H]1C)C(=O)N1N[C@H](C(=O)OCC(C)(C)C2)C2CC1C2. The predicted octanol–water partition coefficient (Wildman–Crippen LogP) is 6.09. The normalized spacial score (nSPS) is 28.5. The third kappa shape index (κ3) is 11.2. The molecule has 0 radical (unpaired) electrons. The number of hydrogen-bond donors (Lipinski definition) is 2. The number of esters is 1. The van der Waals surface area contributed by atoms with E-state index in [1.807, 2.05) is 13.1 Å². The number of pyridine rings is 1. The molecule has 17 nitrogen and oxygen atoms in total. The van der Waals surface area contributed by atoms with E-state index in [0.717, 1.165) is 95.3 Å². The van der Waals surface area contributed by atoms with Crippen LogP contribution < -0.4 is 10.7 Å². The molecular formula is C61H80N9O8S+. The van der Waals surface area contributed by atoms with Crippen LogP contribution in [0.15, 0.2) is 35.8 Å². The Kier molecular flexibility index (Phi) is 15.6. The highest BCUT2D eigenvalue weighted by Gasteiger charge is 2.55. The zero-order valence-electron chi connectivity index (χ0n) is 47.3. The van der Waals surface area contributed by atoms with Crippen LogP contribution in [0.1, 0.15) is 108 Å². The van der Waals surface area contributed by atoms with E-state index in [1.165, 1.54) is 24.2 Å². The molecule has 4 aromatic rings. The second-order valence-electron chi connectivity index (χ2n) is 24.5. The van der Waals surface area contributed by atoms with E-state index in [2.05, 4.69) is 106 Å². The Hall–Kier alpha value is -5.10. The number of hydrazine groups is 1. The van der Waals surface area contributed by atoms with Crippen LogP contribution in [-0.2, 0) is 51.0 Å². The standard InChI is InChI=1S/C61H79N9O8S/c1-36(66-16-18-67(19-17-66)43-11-12-43)8-9-40-28-47(52(62-33-40)39(4)74-7)55-48-32-61(5,6)35-78-60(73)53-42-29-44(30-42)70(65-53)59(72)54(64-57(71)51-37(2)38(51)3)56(68-20-25-76-26-21-68)58-63-49(34-79-58)41-10-13-50(46(48)31-41)69(55)22-27-77-45-14-23-75-24-15-45/h10,13,28,31,33-34,36-39,42-45,51,53-54,65H,11-12,14-27,29-30,32,35H2,1-7H3/p+1/t36-,37-,38+,39+,42?,44?,51?,53+,54+/m1/s1. The van der Waals surface area contributed by atoms with Gasteiger partial charge in [-0.25, -0.2) is 15.0 Å². The predicted molar refractivity (Wildman–Crippen MR) is 301 cm³/mol. The van der Waals surface area contributed by atoms with E-state index in [9.17, 15) is 9.59 Å². The highest BCUT2D eigenvalue weighted by atomic mass is 32.1. The first kappa shape index (κ1) is 54.5. The van der Waals surface area contributed by atoms with E-state index >= 15 is 4.79 Å². The Morgan fingerprint density at radius 2 is 1.73 bits per heavy atom. The van der Waals surface area contributed by atoms with Crippen molar-refractivity contribution in [3.05, 3.63) is 57.7 Å². The lowest BCUT2D eigenvalue weighted by atomic mass is 9.73. The third-order valence-electron chi connectivity index (χ3n) is 18.6. The summed E-state index contributed by atoms with van der Waals surface area (Å²) in [6.07, 6.45) is 7.85. The zero-order chi connectivity index (χ0) is 54.7. The van der Waals surface area contributed by atoms with Crippen LogP contribution in [0.25, 0.3) is 33.4 Å². The first-order chi connectivity index (χ1) is 38.2. The summed E-state index contributed by atoms with van der Waals surface area (Å²) in [5.74, 6) is 6.56. The minimum absolute atomic E-state index is 0.0108. The minimum atomic E-state index is -1.07. The maximum atomic E-state index is 15.4. The molecule has 5 saturated heterocycles. The smallest absolute Gasteiger partial charge is 0.325 e. The van der Waals surface area contributed by atoms with Crippen molar-refractivity contribution in [2.75, 3.05) is 86.0 Å². The molecular weight excluding hydrogens is 1020 g/mol. The number of amides is 2. The van der Waals surface area contributed by atoms with Gasteiger partial charge in [0.25, 0.3) is 5.91 Å². The number of cyclic esters (lactones) is 1. The first-order valence-electron chi connectivity index (χ1n) is 29.3. The summed E-state index contributed by atoms with van der Waals surface area (Å²) in [6, 6.07) is 7.70. The molecule has 18 heteroatoms. The van der Waals surface area contributed by atoms with Crippen molar-refractivity contribution in [1.82, 2.24) is 40.1 Å². The quantitative estimate of drug-likeness (QED) is 0.101. The van der Waals surface area contributed by atoms with Gasteiger partial charge in [-0.2, -0.15) is 0 Å². The fourth-order valence-corrected chi connectivity index (χ4v) is 14.1. The lowest BCUT2D eigenvalue weighted by Crippen LogP contribution is -2.72. The summed E-state index contributed by atoms with van der Waals surface area (Å²) in [5.41, 5.74) is 10.8. The van der Waals surface area contributed by atoms with Crippen molar-refractivity contribution in [1.29, 1.82) is 0 Å². The summed E-state index contributed by atoms with van der Waals surface area (Å²) in [6.45, 7) is 21.5. The summed E-state index contributed by atoms with van der Waals surface area (Å²) < 4.78 is 35.4. The summed E-state index contributed by atoms with van der Waals surface area (Å²) in [4.78, 5) is 60.0. The van der Waals surface area contributed by atoms with E-state index < -0.39 is 17.5 Å². The third-order valence-corrected chi connectivity index (χ3v) is 19.5. The van der Waals surface area contributed by atoms with Crippen molar-refractivity contribution < 1.29 is 42.6 Å². The summed E-state index contributed by atoms with van der Waals surface area (Å²) >= 11 is 1.48. The van der Waals surface area contributed by atoms with Gasteiger partial charge in [0.05, 0.1) is 48.5 Å². The van der Waals surface area contributed by atoms with Crippen LogP contribution in [0.4, 0.5) is 0 Å². The molecule has 8 bridgehead atoms. The molecule has 79 heavy (non-hydrogen) atoms. The van der Waals surface area contributed by atoms with Crippen LogP contribution >= 0.6 is 11.3 Å². The molecule has 1 unspecified atom stereocenters. The van der Waals surface area contributed by atoms with Crippen LogP contribution in [0.5, 0.6) is 0 Å². The molecule has 6 aliphatic heterocycles. The number of nitrogens with zero attached hydrogens (tertiary/aromatic N) is 7. The highest BCUT2D eigenvalue weighted by Crippen LogP contribution is 2.47. The molecule has 7 atom stereocenters. The molecule has 13 rings (SSSR count). The van der Waals surface area contributed by atoms with Crippen molar-refractivity contribution >= 4 is 45.7 Å². The van der Waals surface area contributed by atoms with Crippen molar-refractivity contribution in [2.45, 2.75) is 135 Å². The molecule has 0 spiro atoms. The van der Waals surface area contributed by atoms with Crippen molar-refractivity contribution in [2.24, 2.45) is 29.1 Å². The summed E-state index contributed by atoms with van der Waals surface area (Å²) in [7, 11) is 1.73.